The summed E-state index contributed by atoms with van der Waals surface area (Å²) in [7, 11) is 0. The van der Waals surface area contributed by atoms with Crippen molar-refractivity contribution in [1.82, 2.24) is 5.32 Å². The highest BCUT2D eigenvalue weighted by Crippen LogP contribution is 1.85. The lowest BCUT2D eigenvalue weighted by atomic mass is 10.4. The molecule has 0 fully saturated rings. The Balaban J connectivity index is 3.40. The van der Waals surface area contributed by atoms with Gasteiger partial charge in [-0.15, -0.1) is 0 Å². The largest absolute Gasteiger partial charge is 0.478 e. The average Bonchev–Trinajstić information content (AvgIpc) is 2.14. The molecule has 5 nitrogen and oxygen atoms in total. The Morgan fingerprint density at radius 2 is 2.14 bits per heavy atom. The van der Waals surface area contributed by atoms with Crippen LogP contribution in [0.4, 0.5) is 0 Å². The van der Waals surface area contributed by atoms with Gasteiger partial charge in [-0.25, -0.2) is 9.59 Å². The second-order valence-electron chi connectivity index (χ2n) is 2.55. The predicted octanol–water partition coefficient (Wildman–Crippen LogP) is 0.170. The van der Waals surface area contributed by atoms with E-state index in [1.165, 1.54) is 0 Å². The second-order valence-corrected chi connectivity index (χ2v) is 2.55. The van der Waals surface area contributed by atoms with Crippen molar-refractivity contribution in [2.24, 2.45) is 0 Å². The molecule has 0 aromatic heterocycles. The lowest BCUT2D eigenvalue weighted by Crippen LogP contribution is -2.16. The van der Waals surface area contributed by atoms with Crippen LogP contribution >= 0.6 is 0 Å². The summed E-state index contributed by atoms with van der Waals surface area (Å²) in [4.78, 5) is 20.8. The Kier molecular flexibility index (Phi) is 7.45. The number of aliphatic carboxylic acids is 1. The van der Waals surface area contributed by atoms with Crippen LogP contribution in [0.15, 0.2) is 12.2 Å². The summed E-state index contributed by atoms with van der Waals surface area (Å²) in [6.45, 7) is 3.96. The van der Waals surface area contributed by atoms with Crippen molar-refractivity contribution < 1.29 is 19.4 Å². The van der Waals surface area contributed by atoms with Crippen LogP contribution in [0, 0.1) is 0 Å². The lowest BCUT2D eigenvalue weighted by molar-refractivity contribution is -0.138. The number of esters is 1. The molecular formula is C9H15NO4. The molecule has 0 aromatic carbocycles. The zero-order valence-corrected chi connectivity index (χ0v) is 8.16. The number of rotatable bonds is 7. The Morgan fingerprint density at radius 3 is 2.71 bits per heavy atom. The van der Waals surface area contributed by atoms with Crippen LogP contribution in [0.3, 0.4) is 0 Å². The fourth-order valence-electron chi connectivity index (χ4n) is 0.734. The van der Waals surface area contributed by atoms with Crippen molar-refractivity contribution in [3.63, 3.8) is 0 Å². The van der Waals surface area contributed by atoms with Crippen LogP contribution in [0.2, 0.25) is 0 Å². The van der Waals surface area contributed by atoms with Crippen molar-refractivity contribution in [3.05, 3.63) is 12.2 Å². The van der Waals surface area contributed by atoms with Crippen LogP contribution in [0.5, 0.6) is 0 Å². The highest BCUT2D eigenvalue weighted by molar-refractivity contribution is 5.90. The molecule has 80 valence electrons. The number of carboxylic acids is 1. The molecule has 0 aliphatic carbocycles. The first-order valence-electron chi connectivity index (χ1n) is 4.45. The first kappa shape index (κ1) is 12.6. The Bertz CT molecular complexity index is 213. The standard InChI is InChI=1S/C9H15NO4/c1-2-10-6-3-7-14-9(13)5-4-8(11)12/h4-5,10H,2-3,6-7H2,1H3,(H,11,12)/b5-4-. The number of carboxylic acid groups (broad SMARTS) is 1. The van der Waals surface area contributed by atoms with Crippen LogP contribution in [-0.4, -0.2) is 36.7 Å². The van der Waals surface area contributed by atoms with Gasteiger partial charge in [-0.05, 0) is 19.5 Å². The first-order valence-corrected chi connectivity index (χ1v) is 4.45. The van der Waals surface area contributed by atoms with Gasteiger partial charge in [0.1, 0.15) is 0 Å². The summed E-state index contributed by atoms with van der Waals surface area (Å²) >= 11 is 0. The molecule has 0 atom stereocenters. The summed E-state index contributed by atoms with van der Waals surface area (Å²) in [5, 5.41) is 11.3. The second kappa shape index (κ2) is 8.25. The van der Waals surface area contributed by atoms with Crippen LogP contribution < -0.4 is 5.32 Å². The third kappa shape index (κ3) is 8.73. The van der Waals surface area contributed by atoms with E-state index in [9.17, 15) is 9.59 Å². The van der Waals surface area contributed by atoms with Crippen molar-refractivity contribution in [1.29, 1.82) is 0 Å². The van der Waals surface area contributed by atoms with E-state index in [0.29, 0.717) is 6.61 Å². The van der Waals surface area contributed by atoms with E-state index in [1.54, 1.807) is 0 Å². The van der Waals surface area contributed by atoms with Gasteiger partial charge in [-0.3, -0.25) is 0 Å². The molecule has 0 saturated heterocycles. The molecule has 0 aliphatic heterocycles. The normalized spacial score (nSPS) is 10.4. The molecule has 0 aliphatic rings. The van der Waals surface area contributed by atoms with E-state index in [1.807, 2.05) is 6.92 Å². The Morgan fingerprint density at radius 1 is 1.43 bits per heavy atom. The minimum atomic E-state index is -1.16. The molecule has 5 heteroatoms. The monoisotopic (exact) mass is 201 g/mol. The number of carbonyl (C=O) groups is 2. The minimum Gasteiger partial charge on any atom is -0.478 e. The van der Waals surface area contributed by atoms with Gasteiger partial charge in [0.15, 0.2) is 0 Å². The first-order chi connectivity index (χ1) is 6.66. The van der Waals surface area contributed by atoms with E-state index < -0.39 is 11.9 Å². The molecule has 0 unspecified atom stereocenters. The summed E-state index contributed by atoms with van der Waals surface area (Å²) < 4.78 is 4.71. The van der Waals surface area contributed by atoms with Crippen molar-refractivity contribution in [2.45, 2.75) is 13.3 Å². The maximum Gasteiger partial charge on any atom is 0.331 e. The van der Waals surface area contributed by atoms with Crippen LogP contribution in [0.25, 0.3) is 0 Å². The number of nitrogens with one attached hydrogen (secondary N) is 1. The lowest BCUT2D eigenvalue weighted by Gasteiger charge is -2.01. The molecule has 0 bridgehead atoms. The predicted molar refractivity (Wildman–Crippen MR) is 50.9 cm³/mol. The molecule has 14 heavy (non-hydrogen) atoms. The van der Waals surface area contributed by atoms with Gasteiger partial charge in [0, 0.05) is 12.2 Å². The molecule has 0 saturated carbocycles. The van der Waals surface area contributed by atoms with Gasteiger partial charge in [0.25, 0.3) is 0 Å². The van der Waals surface area contributed by atoms with Gasteiger partial charge in [0.2, 0.25) is 0 Å². The zero-order chi connectivity index (χ0) is 10.8. The SMILES string of the molecule is CCNCCCOC(=O)/C=C\C(=O)O. The van der Waals surface area contributed by atoms with Gasteiger partial charge in [-0.1, -0.05) is 6.92 Å². The van der Waals surface area contributed by atoms with Gasteiger partial charge in [-0.2, -0.15) is 0 Å². The maximum absolute atomic E-state index is 10.8. The highest BCUT2D eigenvalue weighted by Gasteiger charge is 1.97. The fraction of sp³-hybridized carbons (Fsp3) is 0.556. The number of hydrogen-bond donors (Lipinski definition) is 2. The van der Waals surface area contributed by atoms with E-state index in [2.05, 4.69) is 5.32 Å². The smallest absolute Gasteiger partial charge is 0.331 e. The van der Waals surface area contributed by atoms with E-state index in [-0.39, 0.29) is 0 Å². The summed E-state index contributed by atoms with van der Waals surface area (Å²) in [5.41, 5.74) is 0. The van der Waals surface area contributed by atoms with Crippen molar-refractivity contribution in [3.8, 4) is 0 Å². The summed E-state index contributed by atoms with van der Waals surface area (Å²) in [6.07, 6.45) is 2.38. The molecule has 0 spiro atoms. The molecule has 2 N–H and O–H groups in total. The minimum absolute atomic E-state index is 0.301. The third-order valence-electron chi connectivity index (χ3n) is 1.35. The average molecular weight is 201 g/mol. The van der Waals surface area contributed by atoms with Gasteiger partial charge < -0.3 is 15.2 Å². The molecular weight excluding hydrogens is 186 g/mol. The molecule has 0 radical (unpaired) electrons. The zero-order valence-electron chi connectivity index (χ0n) is 8.16. The Labute approximate surface area is 82.7 Å². The number of carbonyl (C=O) groups excluding carboxylic acids is 1. The highest BCUT2D eigenvalue weighted by atomic mass is 16.5. The Hall–Kier alpha value is -1.36. The van der Waals surface area contributed by atoms with E-state index in [4.69, 9.17) is 9.84 Å². The van der Waals surface area contributed by atoms with Crippen LogP contribution in [0.1, 0.15) is 13.3 Å². The summed E-state index contributed by atoms with van der Waals surface area (Å²) in [5.74, 6) is -1.78. The van der Waals surface area contributed by atoms with Crippen molar-refractivity contribution in [2.75, 3.05) is 19.7 Å². The van der Waals surface area contributed by atoms with E-state index >= 15 is 0 Å². The van der Waals surface area contributed by atoms with Crippen LogP contribution in [-0.2, 0) is 14.3 Å². The number of hydrogen-bond acceptors (Lipinski definition) is 4. The van der Waals surface area contributed by atoms with E-state index in [0.717, 1.165) is 31.7 Å². The maximum atomic E-state index is 10.8. The van der Waals surface area contributed by atoms with Gasteiger partial charge in [0.05, 0.1) is 6.61 Å². The molecule has 0 aromatic rings. The summed E-state index contributed by atoms with van der Waals surface area (Å²) in [6, 6.07) is 0. The molecule has 0 amide bonds. The van der Waals surface area contributed by atoms with Gasteiger partial charge >= 0.3 is 11.9 Å². The number of ether oxygens (including phenoxy) is 1. The topological polar surface area (TPSA) is 75.6 Å². The molecule has 0 heterocycles. The quantitative estimate of drug-likeness (QED) is 0.349. The fourth-order valence-corrected chi connectivity index (χ4v) is 0.734. The van der Waals surface area contributed by atoms with Crippen molar-refractivity contribution >= 4 is 11.9 Å². The molecule has 0 rings (SSSR count). The third-order valence-corrected chi connectivity index (χ3v) is 1.35.